The minimum atomic E-state index is -0.473. The molecule has 0 aromatic heterocycles. The number of nitrogens with zero attached hydrogens (tertiary/aromatic N) is 1. The quantitative estimate of drug-likeness (QED) is 0.924. The molecule has 1 amide bonds. The van der Waals surface area contributed by atoms with E-state index in [0.29, 0.717) is 18.0 Å². The lowest BCUT2D eigenvalue weighted by atomic mass is 9.98. The number of carbonyl (C=O) groups excluding carboxylic acids is 1. The highest BCUT2D eigenvalue weighted by atomic mass is 32.2. The van der Waals surface area contributed by atoms with E-state index in [4.69, 9.17) is 5.26 Å². The maximum Gasteiger partial charge on any atom is 0.224 e. The van der Waals surface area contributed by atoms with Gasteiger partial charge in [-0.15, -0.1) is 0 Å². The topological polar surface area (TPSA) is 52.9 Å². The van der Waals surface area contributed by atoms with Crippen molar-refractivity contribution < 1.29 is 9.18 Å². The number of hydrogen-bond donors (Lipinski definition) is 1. The summed E-state index contributed by atoms with van der Waals surface area (Å²) in [6, 6.07) is 5.70. The van der Waals surface area contributed by atoms with Gasteiger partial charge in [-0.2, -0.15) is 17.0 Å². The summed E-state index contributed by atoms with van der Waals surface area (Å²) in [5, 5.41) is 11.6. The molecule has 1 fully saturated rings. The monoisotopic (exact) mass is 278 g/mol. The Bertz CT molecular complexity index is 507. The lowest BCUT2D eigenvalue weighted by molar-refractivity contribution is -0.117. The molecule has 2 rings (SSSR count). The van der Waals surface area contributed by atoms with Gasteiger partial charge in [0.15, 0.2) is 0 Å². The number of thioether (sulfide) groups is 1. The molecule has 19 heavy (non-hydrogen) atoms. The summed E-state index contributed by atoms with van der Waals surface area (Å²) >= 11 is 1.92. The van der Waals surface area contributed by atoms with Crippen LogP contribution >= 0.6 is 11.8 Å². The van der Waals surface area contributed by atoms with E-state index in [2.05, 4.69) is 5.32 Å². The van der Waals surface area contributed by atoms with Crippen LogP contribution in [0.5, 0.6) is 0 Å². The molecule has 1 heterocycles. The van der Waals surface area contributed by atoms with Crippen LogP contribution < -0.4 is 5.32 Å². The summed E-state index contributed by atoms with van der Waals surface area (Å²) < 4.78 is 13.0. The Kier molecular flexibility index (Phi) is 4.80. The summed E-state index contributed by atoms with van der Waals surface area (Å²) in [6.45, 7) is 0. The summed E-state index contributed by atoms with van der Waals surface area (Å²) in [7, 11) is 0. The van der Waals surface area contributed by atoms with Gasteiger partial charge in [0.25, 0.3) is 0 Å². The molecule has 1 aliphatic heterocycles. The fraction of sp³-hybridized carbons (Fsp3) is 0.429. The van der Waals surface area contributed by atoms with E-state index >= 15 is 0 Å². The minimum absolute atomic E-state index is 0.0972. The zero-order valence-electron chi connectivity index (χ0n) is 10.5. The summed E-state index contributed by atoms with van der Waals surface area (Å²) in [6.07, 6.45) is 2.60. The third-order valence-electron chi connectivity index (χ3n) is 3.19. The number of nitriles is 1. The number of nitrogens with one attached hydrogen (secondary N) is 1. The Balaban J connectivity index is 1.97. The Hall–Kier alpha value is -1.54. The van der Waals surface area contributed by atoms with Gasteiger partial charge in [-0.3, -0.25) is 4.79 Å². The number of carbonyl (C=O) groups is 1. The molecular formula is C14H15FN2OS. The van der Waals surface area contributed by atoms with E-state index in [1.54, 1.807) is 0 Å². The third kappa shape index (κ3) is 3.97. The Labute approximate surface area is 116 Å². The molecule has 1 aliphatic rings. The van der Waals surface area contributed by atoms with E-state index in [1.807, 2.05) is 17.8 Å². The fourth-order valence-corrected chi connectivity index (χ4v) is 3.34. The van der Waals surface area contributed by atoms with Crippen molar-refractivity contribution in [2.24, 2.45) is 5.92 Å². The van der Waals surface area contributed by atoms with Crippen molar-refractivity contribution in [1.29, 1.82) is 5.26 Å². The average molecular weight is 278 g/mol. The molecule has 0 aliphatic carbocycles. The van der Waals surface area contributed by atoms with E-state index < -0.39 is 5.82 Å². The summed E-state index contributed by atoms with van der Waals surface area (Å²) in [4.78, 5) is 11.9. The summed E-state index contributed by atoms with van der Waals surface area (Å²) in [5.41, 5.74) is 0.548. The molecule has 0 spiro atoms. The predicted molar refractivity (Wildman–Crippen MR) is 74.4 cm³/mol. The van der Waals surface area contributed by atoms with Gasteiger partial charge in [-0.05, 0) is 48.5 Å². The van der Waals surface area contributed by atoms with Gasteiger partial charge in [-0.1, -0.05) is 0 Å². The van der Waals surface area contributed by atoms with Crippen molar-refractivity contribution in [3.8, 4) is 6.07 Å². The number of amides is 1. The highest BCUT2D eigenvalue weighted by molar-refractivity contribution is 7.99. The molecule has 0 radical (unpaired) electrons. The Morgan fingerprint density at radius 3 is 2.89 bits per heavy atom. The van der Waals surface area contributed by atoms with Crippen molar-refractivity contribution in [2.45, 2.75) is 19.3 Å². The van der Waals surface area contributed by atoms with Gasteiger partial charge in [0.2, 0.25) is 5.91 Å². The molecule has 5 heteroatoms. The largest absolute Gasteiger partial charge is 0.325 e. The lowest BCUT2D eigenvalue weighted by Crippen LogP contribution is -2.20. The van der Waals surface area contributed by atoms with E-state index in [-0.39, 0.29) is 11.5 Å². The van der Waals surface area contributed by atoms with E-state index in [0.717, 1.165) is 30.4 Å². The predicted octanol–water partition coefficient (Wildman–Crippen LogP) is 3.17. The highest BCUT2D eigenvalue weighted by Crippen LogP contribution is 2.26. The number of rotatable bonds is 3. The second-order valence-corrected chi connectivity index (χ2v) is 5.83. The van der Waals surface area contributed by atoms with Crippen LogP contribution in [0.25, 0.3) is 0 Å². The molecule has 0 atom stereocenters. The van der Waals surface area contributed by atoms with Gasteiger partial charge >= 0.3 is 0 Å². The molecule has 1 aromatic carbocycles. The van der Waals surface area contributed by atoms with Crippen LogP contribution in [0.2, 0.25) is 0 Å². The van der Waals surface area contributed by atoms with Crippen molar-refractivity contribution in [2.75, 3.05) is 16.8 Å². The second kappa shape index (κ2) is 6.58. The Morgan fingerprint density at radius 2 is 2.21 bits per heavy atom. The smallest absolute Gasteiger partial charge is 0.224 e. The second-order valence-electron chi connectivity index (χ2n) is 4.61. The van der Waals surface area contributed by atoms with Crippen LogP contribution in [0, 0.1) is 23.1 Å². The molecular weight excluding hydrogens is 263 g/mol. The summed E-state index contributed by atoms with van der Waals surface area (Å²) in [5.74, 6) is 2.07. The molecule has 0 bridgehead atoms. The number of benzene rings is 1. The lowest BCUT2D eigenvalue weighted by Gasteiger charge is -2.20. The first-order chi connectivity index (χ1) is 9.19. The van der Waals surface area contributed by atoms with Crippen molar-refractivity contribution >= 4 is 23.4 Å². The van der Waals surface area contributed by atoms with Crippen LogP contribution in [0.3, 0.4) is 0 Å². The maximum atomic E-state index is 13.0. The molecule has 0 unspecified atom stereocenters. The maximum absolute atomic E-state index is 13.0. The van der Waals surface area contributed by atoms with Crippen LogP contribution in [0.15, 0.2) is 18.2 Å². The molecule has 100 valence electrons. The SMILES string of the molecule is N#Cc1cc(F)ccc1NC(=O)CC1CCSCC1. The number of anilines is 1. The zero-order chi connectivity index (χ0) is 13.7. The van der Waals surface area contributed by atoms with Gasteiger partial charge in [0.05, 0.1) is 11.3 Å². The fourth-order valence-electron chi connectivity index (χ4n) is 2.13. The van der Waals surface area contributed by atoms with Gasteiger partial charge < -0.3 is 5.32 Å². The van der Waals surface area contributed by atoms with Crippen molar-refractivity contribution in [1.82, 2.24) is 0 Å². The molecule has 3 nitrogen and oxygen atoms in total. The first kappa shape index (κ1) is 13.9. The number of halogens is 1. The molecule has 1 N–H and O–H groups in total. The highest BCUT2D eigenvalue weighted by Gasteiger charge is 2.18. The molecule has 1 saturated heterocycles. The Morgan fingerprint density at radius 1 is 1.47 bits per heavy atom. The van der Waals surface area contributed by atoms with E-state index in [1.165, 1.54) is 12.1 Å². The molecule has 0 saturated carbocycles. The van der Waals surface area contributed by atoms with Gasteiger partial charge in [0.1, 0.15) is 11.9 Å². The first-order valence-electron chi connectivity index (χ1n) is 6.26. The average Bonchev–Trinajstić information content (AvgIpc) is 2.42. The van der Waals surface area contributed by atoms with Crippen LogP contribution in [0.1, 0.15) is 24.8 Å². The van der Waals surface area contributed by atoms with Crippen LogP contribution in [0.4, 0.5) is 10.1 Å². The third-order valence-corrected chi connectivity index (χ3v) is 4.24. The van der Waals surface area contributed by atoms with Crippen LogP contribution in [-0.2, 0) is 4.79 Å². The zero-order valence-corrected chi connectivity index (χ0v) is 11.3. The van der Waals surface area contributed by atoms with Crippen LogP contribution in [-0.4, -0.2) is 17.4 Å². The van der Waals surface area contributed by atoms with Crippen molar-refractivity contribution in [3.05, 3.63) is 29.6 Å². The van der Waals surface area contributed by atoms with Gasteiger partial charge in [-0.25, -0.2) is 4.39 Å². The molecule has 1 aromatic rings. The minimum Gasteiger partial charge on any atom is -0.325 e. The normalized spacial score (nSPS) is 15.8. The standard InChI is InChI=1S/C14H15FN2OS/c15-12-1-2-13(11(8-12)9-16)17-14(18)7-10-3-5-19-6-4-10/h1-2,8,10H,3-7H2,(H,17,18). The van der Waals surface area contributed by atoms with E-state index in [9.17, 15) is 9.18 Å². The number of hydrogen-bond acceptors (Lipinski definition) is 3. The van der Waals surface area contributed by atoms with Gasteiger partial charge in [0, 0.05) is 6.42 Å². The van der Waals surface area contributed by atoms with Crippen molar-refractivity contribution in [3.63, 3.8) is 0 Å². The first-order valence-corrected chi connectivity index (χ1v) is 7.42.